The molecule has 94 valence electrons. The van der Waals surface area contributed by atoms with Crippen molar-refractivity contribution in [2.75, 3.05) is 17.3 Å². The smallest absolute Gasteiger partial charge is 0.355 e. The van der Waals surface area contributed by atoms with Crippen LogP contribution in [0.15, 0.2) is 29.4 Å². The Morgan fingerprint density at radius 3 is 3.00 bits per heavy atom. The molecule has 0 saturated heterocycles. The summed E-state index contributed by atoms with van der Waals surface area (Å²) in [6, 6.07) is 6.75. The van der Waals surface area contributed by atoms with Crippen molar-refractivity contribution in [2.45, 2.75) is 13.3 Å². The van der Waals surface area contributed by atoms with Crippen LogP contribution in [-0.2, 0) is 14.3 Å². The van der Waals surface area contributed by atoms with Crippen molar-refractivity contribution in [1.29, 1.82) is 0 Å². The minimum atomic E-state index is -0.558. The van der Waals surface area contributed by atoms with E-state index in [2.05, 4.69) is 5.10 Å². The topological polar surface area (TPSA) is 85.0 Å². The van der Waals surface area contributed by atoms with Gasteiger partial charge in [-0.3, -0.25) is 4.79 Å². The van der Waals surface area contributed by atoms with E-state index in [1.54, 1.807) is 31.2 Å². The highest BCUT2D eigenvalue weighted by atomic mass is 16.5. The van der Waals surface area contributed by atoms with E-state index >= 15 is 0 Å². The van der Waals surface area contributed by atoms with Crippen LogP contribution in [-0.4, -0.2) is 24.2 Å². The van der Waals surface area contributed by atoms with Crippen molar-refractivity contribution in [1.82, 2.24) is 0 Å². The van der Waals surface area contributed by atoms with Gasteiger partial charge in [0.05, 0.1) is 18.7 Å². The zero-order valence-electron chi connectivity index (χ0n) is 9.92. The van der Waals surface area contributed by atoms with Crippen molar-refractivity contribution >= 4 is 29.0 Å². The lowest BCUT2D eigenvalue weighted by atomic mass is 10.2. The van der Waals surface area contributed by atoms with E-state index in [1.807, 2.05) is 0 Å². The van der Waals surface area contributed by atoms with Crippen LogP contribution in [0.5, 0.6) is 0 Å². The molecule has 1 amide bonds. The number of ether oxygens (including phenoxy) is 1. The Morgan fingerprint density at radius 1 is 1.56 bits per heavy atom. The van der Waals surface area contributed by atoms with Gasteiger partial charge in [-0.15, -0.1) is 0 Å². The molecule has 0 radical (unpaired) electrons. The van der Waals surface area contributed by atoms with E-state index in [-0.39, 0.29) is 24.6 Å². The van der Waals surface area contributed by atoms with Crippen molar-refractivity contribution in [3.05, 3.63) is 24.3 Å². The maximum absolute atomic E-state index is 11.8. The Bertz CT molecular complexity index is 525. The molecule has 1 aliphatic heterocycles. The van der Waals surface area contributed by atoms with Gasteiger partial charge in [0, 0.05) is 5.69 Å². The average Bonchev–Trinajstić information content (AvgIpc) is 2.72. The van der Waals surface area contributed by atoms with Crippen LogP contribution < -0.4 is 10.7 Å². The van der Waals surface area contributed by atoms with Crippen LogP contribution in [0, 0.1) is 0 Å². The van der Waals surface area contributed by atoms with E-state index < -0.39 is 5.97 Å². The zero-order chi connectivity index (χ0) is 13.1. The average molecular weight is 247 g/mol. The third-order valence-electron chi connectivity index (χ3n) is 2.40. The maximum Gasteiger partial charge on any atom is 0.355 e. The van der Waals surface area contributed by atoms with Crippen LogP contribution in [0.4, 0.5) is 11.4 Å². The fourth-order valence-corrected chi connectivity index (χ4v) is 1.62. The Morgan fingerprint density at radius 2 is 2.33 bits per heavy atom. The SMILES string of the molecule is CCOC(=O)C1=NN(c2cccc(N)c2)C(=O)C1. The molecule has 2 rings (SSSR count). The molecule has 0 saturated carbocycles. The van der Waals surface area contributed by atoms with E-state index in [0.717, 1.165) is 0 Å². The Kier molecular flexibility index (Phi) is 3.27. The lowest BCUT2D eigenvalue weighted by Gasteiger charge is -2.11. The number of hydrogen-bond donors (Lipinski definition) is 1. The Balaban J connectivity index is 2.24. The van der Waals surface area contributed by atoms with Crippen molar-refractivity contribution in [2.24, 2.45) is 5.10 Å². The van der Waals surface area contributed by atoms with Crippen molar-refractivity contribution in [3.63, 3.8) is 0 Å². The van der Waals surface area contributed by atoms with Crippen molar-refractivity contribution in [3.8, 4) is 0 Å². The molecule has 6 heteroatoms. The number of anilines is 2. The number of nitrogen functional groups attached to an aromatic ring is 1. The molecule has 2 N–H and O–H groups in total. The number of esters is 1. The summed E-state index contributed by atoms with van der Waals surface area (Å²) >= 11 is 0. The lowest BCUT2D eigenvalue weighted by Crippen LogP contribution is -2.19. The molecular formula is C12H13N3O3. The van der Waals surface area contributed by atoms with Gasteiger partial charge in [-0.1, -0.05) is 6.07 Å². The number of hydrogen-bond acceptors (Lipinski definition) is 5. The summed E-state index contributed by atoms with van der Waals surface area (Å²) in [5.74, 6) is -0.832. The molecule has 0 fully saturated rings. The summed E-state index contributed by atoms with van der Waals surface area (Å²) in [4.78, 5) is 23.2. The van der Waals surface area contributed by atoms with Gasteiger partial charge in [-0.05, 0) is 25.1 Å². The molecule has 0 unspecified atom stereocenters. The number of hydrazone groups is 1. The van der Waals surface area contributed by atoms with Crippen molar-refractivity contribution < 1.29 is 14.3 Å². The van der Waals surface area contributed by atoms with Gasteiger partial charge in [-0.25, -0.2) is 4.79 Å². The second-order valence-electron chi connectivity index (χ2n) is 3.74. The highest BCUT2D eigenvalue weighted by molar-refractivity contribution is 6.42. The predicted octanol–water partition coefficient (Wildman–Crippen LogP) is 0.925. The molecule has 1 aromatic rings. The number of nitrogens with two attached hydrogens (primary N) is 1. The molecule has 0 aromatic heterocycles. The molecule has 0 bridgehead atoms. The molecule has 18 heavy (non-hydrogen) atoms. The predicted molar refractivity (Wildman–Crippen MR) is 67.0 cm³/mol. The van der Waals surface area contributed by atoms with Crippen LogP contribution in [0.25, 0.3) is 0 Å². The Labute approximate surface area is 104 Å². The zero-order valence-corrected chi connectivity index (χ0v) is 9.92. The molecule has 1 aliphatic rings. The molecule has 1 aromatic carbocycles. The second kappa shape index (κ2) is 4.87. The van der Waals surface area contributed by atoms with Gasteiger partial charge in [-0.2, -0.15) is 10.1 Å². The molecule has 0 spiro atoms. The third kappa shape index (κ3) is 2.32. The first-order chi connectivity index (χ1) is 8.61. The molecule has 0 atom stereocenters. The standard InChI is InChI=1S/C12H13N3O3/c1-2-18-12(17)10-7-11(16)15(14-10)9-5-3-4-8(13)6-9/h3-6H,2,7,13H2,1H3. The monoisotopic (exact) mass is 247 g/mol. The fourth-order valence-electron chi connectivity index (χ4n) is 1.62. The van der Waals surface area contributed by atoms with E-state index in [4.69, 9.17) is 10.5 Å². The lowest BCUT2D eigenvalue weighted by molar-refractivity contribution is -0.135. The second-order valence-corrected chi connectivity index (χ2v) is 3.74. The van der Waals surface area contributed by atoms with Gasteiger partial charge >= 0.3 is 5.97 Å². The number of carbonyl (C=O) groups is 2. The number of amides is 1. The molecular weight excluding hydrogens is 234 g/mol. The highest BCUT2D eigenvalue weighted by Crippen LogP contribution is 2.22. The van der Waals surface area contributed by atoms with Crippen LogP contribution in [0.1, 0.15) is 13.3 Å². The van der Waals surface area contributed by atoms with Gasteiger partial charge < -0.3 is 10.5 Å². The third-order valence-corrected chi connectivity index (χ3v) is 2.40. The highest BCUT2D eigenvalue weighted by Gasteiger charge is 2.30. The summed E-state index contributed by atoms with van der Waals surface area (Å²) in [6.07, 6.45) is -0.0480. The summed E-state index contributed by atoms with van der Waals surface area (Å²) < 4.78 is 4.81. The molecule has 0 aliphatic carbocycles. The first-order valence-electron chi connectivity index (χ1n) is 5.55. The van der Waals surface area contributed by atoms with Gasteiger partial charge in [0.15, 0.2) is 5.71 Å². The summed E-state index contributed by atoms with van der Waals surface area (Å²) in [6.45, 7) is 1.95. The number of nitrogens with zero attached hydrogens (tertiary/aromatic N) is 2. The first-order valence-corrected chi connectivity index (χ1v) is 5.55. The normalized spacial score (nSPS) is 14.6. The minimum Gasteiger partial charge on any atom is -0.461 e. The number of rotatable bonds is 3. The van der Waals surface area contributed by atoms with Crippen LogP contribution >= 0.6 is 0 Å². The molecule has 1 heterocycles. The molecule has 6 nitrogen and oxygen atoms in total. The van der Waals surface area contributed by atoms with E-state index in [0.29, 0.717) is 11.4 Å². The quantitative estimate of drug-likeness (QED) is 0.636. The van der Waals surface area contributed by atoms with Gasteiger partial charge in [0.1, 0.15) is 0 Å². The van der Waals surface area contributed by atoms with Crippen LogP contribution in [0.3, 0.4) is 0 Å². The summed E-state index contributed by atoms with van der Waals surface area (Å²) in [7, 11) is 0. The fraction of sp³-hybridized carbons (Fsp3) is 0.250. The summed E-state index contributed by atoms with van der Waals surface area (Å²) in [5.41, 5.74) is 6.82. The number of benzene rings is 1. The number of carbonyl (C=O) groups excluding carboxylic acids is 2. The minimum absolute atomic E-state index is 0.0480. The van der Waals surface area contributed by atoms with Crippen LogP contribution in [0.2, 0.25) is 0 Å². The Hall–Kier alpha value is -2.37. The largest absolute Gasteiger partial charge is 0.461 e. The first kappa shape index (κ1) is 12.1. The van der Waals surface area contributed by atoms with E-state index in [1.165, 1.54) is 5.01 Å². The van der Waals surface area contributed by atoms with E-state index in [9.17, 15) is 9.59 Å². The van der Waals surface area contributed by atoms with Gasteiger partial charge in [0.2, 0.25) is 0 Å². The van der Waals surface area contributed by atoms with Gasteiger partial charge in [0.25, 0.3) is 5.91 Å². The summed E-state index contributed by atoms with van der Waals surface area (Å²) in [5, 5.41) is 5.14. The maximum atomic E-state index is 11.8.